The molecule has 0 aromatic heterocycles. The van der Waals surface area contributed by atoms with Crippen LogP contribution in [0.4, 0.5) is 5.69 Å². The number of carbonyl (C=O) groups is 1. The molecular weight excluding hydrogens is 302 g/mol. The van der Waals surface area contributed by atoms with E-state index in [0.29, 0.717) is 17.4 Å². The molecule has 0 fully saturated rings. The van der Waals surface area contributed by atoms with E-state index < -0.39 is 0 Å². The van der Waals surface area contributed by atoms with Crippen molar-refractivity contribution < 1.29 is 14.6 Å². The summed E-state index contributed by atoms with van der Waals surface area (Å²) >= 11 is 0. The zero-order valence-corrected chi connectivity index (χ0v) is 14.2. The second-order valence-corrected chi connectivity index (χ2v) is 5.77. The lowest BCUT2D eigenvalue weighted by Gasteiger charge is -2.10. The van der Waals surface area contributed by atoms with E-state index in [1.165, 1.54) is 18.4 Å². The Morgan fingerprint density at radius 1 is 1.04 bits per heavy atom. The molecule has 1 radical (unpaired) electrons. The van der Waals surface area contributed by atoms with Gasteiger partial charge < -0.3 is 15.2 Å². The van der Waals surface area contributed by atoms with Crippen LogP contribution in [0.25, 0.3) is 0 Å². The summed E-state index contributed by atoms with van der Waals surface area (Å²) in [6.07, 6.45) is 3.48. The molecule has 0 unspecified atom stereocenters. The Labute approximate surface area is 143 Å². The average Bonchev–Trinajstić information content (AvgIpc) is 2.62. The summed E-state index contributed by atoms with van der Waals surface area (Å²) in [6, 6.07) is 15.3. The fourth-order valence-corrected chi connectivity index (χ4v) is 2.16. The Morgan fingerprint density at radius 3 is 2.17 bits per heavy atom. The molecule has 0 aliphatic heterocycles. The molecule has 2 N–H and O–H groups in total. The number of nitrogens with one attached hydrogen (secondary N) is 1. The molecule has 0 aliphatic rings. The Kier molecular flexibility index (Phi) is 6.82. The van der Waals surface area contributed by atoms with Gasteiger partial charge in [-0.05, 0) is 61.7 Å². The van der Waals surface area contributed by atoms with Crippen molar-refractivity contribution in [2.24, 2.45) is 0 Å². The zero-order chi connectivity index (χ0) is 17.4. The van der Waals surface area contributed by atoms with E-state index in [0.717, 1.165) is 12.2 Å². The lowest BCUT2D eigenvalue weighted by atomic mass is 10.1. The van der Waals surface area contributed by atoms with Crippen LogP contribution < -0.4 is 10.1 Å². The van der Waals surface area contributed by atoms with Gasteiger partial charge in [0.15, 0.2) is 0 Å². The molecule has 24 heavy (non-hydrogen) atoms. The first-order chi connectivity index (χ1) is 11.6. The van der Waals surface area contributed by atoms with E-state index in [-0.39, 0.29) is 12.5 Å². The van der Waals surface area contributed by atoms with Crippen molar-refractivity contribution in [3.63, 3.8) is 0 Å². The zero-order valence-electron chi connectivity index (χ0n) is 14.2. The van der Waals surface area contributed by atoms with E-state index in [2.05, 4.69) is 24.4 Å². The van der Waals surface area contributed by atoms with Crippen molar-refractivity contribution in [2.45, 2.75) is 33.1 Å². The van der Waals surface area contributed by atoms with Crippen LogP contribution in [-0.2, 0) is 11.2 Å². The molecule has 0 saturated carbocycles. The minimum absolute atomic E-state index is 0.249. The van der Waals surface area contributed by atoms with Crippen molar-refractivity contribution in [1.82, 2.24) is 0 Å². The predicted molar refractivity (Wildman–Crippen MR) is 96.2 cm³/mol. The second-order valence-electron chi connectivity index (χ2n) is 5.77. The summed E-state index contributed by atoms with van der Waals surface area (Å²) < 4.78 is 5.81. The normalized spacial score (nSPS) is 10.7. The van der Waals surface area contributed by atoms with Crippen LogP contribution in [0, 0.1) is 5.92 Å². The molecule has 0 spiro atoms. The quantitative estimate of drug-likeness (QED) is 0.758. The summed E-state index contributed by atoms with van der Waals surface area (Å²) in [6.45, 7) is 3.53. The molecule has 1 amide bonds. The molecule has 4 heteroatoms. The third-order valence-corrected chi connectivity index (χ3v) is 3.72. The Bertz CT molecular complexity index is 635. The number of benzene rings is 2. The monoisotopic (exact) mass is 326 g/mol. The largest absolute Gasteiger partial charge is 0.457 e. The van der Waals surface area contributed by atoms with E-state index >= 15 is 0 Å². The van der Waals surface area contributed by atoms with E-state index in [4.69, 9.17) is 9.84 Å². The molecule has 0 bridgehead atoms. The predicted octanol–water partition coefficient (Wildman–Crippen LogP) is 4.35. The Balaban J connectivity index is 1.92. The van der Waals surface area contributed by atoms with Crippen molar-refractivity contribution in [2.75, 3.05) is 11.9 Å². The maximum atomic E-state index is 11.7. The Hall–Kier alpha value is -2.33. The molecular formula is C20H24NO3. The van der Waals surface area contributed by atoms with Gasteiger partial charge in [0, 0.05) is 5.69 Å². The van der Waals surface area contributed by atoms with E-state index in [1.54, 1.807) is 31.2 Å². The van der Waals surface area contributed by atoms with Gasteiger partial charge in [0.05, 0.1) is 12.5 Å². The topological polar surface area (TPSA) is 58.6 Å². The highest BCUT2D eigenvalue weighted by atomic mass is 16.5. The fourth-order valence-electron chi connectivity index (χ4n) is 2.16. The minimum atomic E-state index is -0.283. The summed E-state index contributed by atoms with van der Waals surface area (Å²) in [7, 11) is 0. The highest BCUT2D eigenvalue weighted by Gasteiger charge is 2.12. The molecule has 0 atom stereocenters. The van der Waals surface area contributed by atoms with Gasteiger partial charge in [0.2, 0.25) is 5.91 Å². The molecule has 2 rings (SSSR count). The number of amides is 1. The maximum absolute atomic E-state index is 11.7. The standard InChI is InChI=1S/C20H24NO3/c1-3-4-5-16-6-10-18(11-7-16)24-19-12-8-17(9-13-19)21-20(23)15(2)14-22/h6-13,22H,3-5,14H2,1-2H3,(H,21,23). The summed E-state index contributed by atoms with van der Waals surface area (Å²) in [5.41, 5.74) is 1.98. The number of hydrogen-bond acceptors (Lipinski definition) is 3. The van der Waals surface area contributed by atoms with Crippen LogP contribution in [0.3, 0.4) is 0 Å². The van der Waals surface area contributed by atoms with Crippen LogP contribution in [0.2, 0.25) is 0 Å². The maximum Gasteiger partial charge on any atom is 0.233 e. The SMILES string of the molecule is CCCCc1ccc(Oc2ccc(NC(=O)[C](C)CO)cc2)cc1. The van der Waals surface area contributed by atoms with Gasteiger partial charge in [0.25, 0.3) is 0 Å². The highest BCUT2D eigenvalue weighted by molar-refractivity contribution is 6.00. The molecule has 2 aromatic carbocycles. The lowest BCUT2D eigenvalue weighted by Crippen LogP contribution is -2.21. The van der Waals surface area contributed by atoms with Crippen molar-refractivity contribution in [3.8, 4) is 11.5 Å². The van der Waals surface area contributed by atoms with Crippen LogP contribution in [0.5, 0.6) is 11.5 Å². The van der Waals surface area contributed by atoms with Crippen LogP contribution >= 0.6 is 0 Å². The highest BCUT2D eigenvalue weighted by Crippen LogP contribution is 2.24. The average molecular weight is 326 g/mol. The number of rotatable bonds is 8. The molecule has 4 nitrogen and oxygen atoms in total. The van der Waals surface area contributed by atoms with Gasteiger partial charge >= 0.3 is 0 Å². The third-order valence-electron chi connectivity index (χ3n) is 3.72. The number of aryl methyl sites for hydroxylation is 1. The van der Waals surface area contributed by atoms with Gasteiger partial charge in [0.1, 0.15) is 11.5 Å². The summed E-state index contributed by atoms with van der Waals surface area (Å²) in [4.78, 5) is 11.7. The molecule has 0 saturated heterocycles. The molecule has 127 valence electrons. The van der Waals surface area contributed by atoms with Crippen molar-refractivity contribution in [3.05, 3.63) is 60.0 Å². The number of anilines is 1. The van der Waals surface area contributed by atoms with Gasteiger partial charge in [-0.1, -0.05) is 25.5 Å². The number of hydrogen-bond donors (Lipinski definition) is 2. The fraction of sp³-hybridized carbons (Fsp3) is 0.300. The lowest BCUT2D eigenvalue weighted by molar-refractivity contribution is -0.115. The van der Waals surface area contributed by atoms with E-state index in [9.17, 15) is 4.79 Å². The number of unbranched alkanes of at least 4 members (excludes halogenated alkanes) is 1. The first-order valence-electron chi connectivity index (χ1n) is 8.24. The third kappa shape index (κ3) is 5.39. The van der Waals surface area contributed by atoms with E-state index in [1.807, 2.05) is 12.1 Å². The molecule has 0 heterocycles. The minimum Gasteiger partial charge on any atom is -0.457 e. The molecule has 2 aromatic rings. The summed E-state index contributed by atoms with van der Waals surface area (Å²) in [5.74, 6) is 1.58. The van der Waals surface area contributed by atoms with Gasteiger partial charge in [-0.2, -0.15) is 0 Å². The Morgan fingerprint density at radius 2 is 1.62 bits per heavy atom. The van der Waals surface area contributed by atoms with Crippen LogP contribution in [0.1, 0.15) is 32.3 Å². The van der Waals surface area contributed by atoms with Crippen LogP contribution in [0.15, 0.2) is 48.5 Å². The van der Waals surface area contributed by atoms with Gasteiger partial charge in [-0.25, -0.2) is 0 Å². The van der Waals surface area contributed by atoms with Crippen LogP contribution in [-0.4, -0.2) is 17.6 Å². The smallest absolute Gasteiger partial charge is 0.233 e. The number of aliphatic hydroxyl groups is 1. The van der Waals surface area contributed by atoms with Gasteiger partial charge in [-0.3, -0.25) is 4.79 Å². The van der Waals surface area contributed by atoms with Crippen molar-refractivity contribution in [1.29, 1.82) is 0 Å². The molecule has 0 aliphatic carbocycles. The number of ether oxygens (including phenoxy) is 1. The number of carbonyl (C=O) groups excluding carboxylic acids is 1. The van der Waals surface area contributed by atoms with Gasteiger partial charge in [-0.15, -0.1) is 0 Å². The summed E-state index contributed by atoms with van der Waals surface area (Å²) in [5, 5.41) is 11.7. The first kappa shape index (κ1) is 18.0. The first-order valence-corrected chi connectivity index (χ1v) is 8.24. The second kappa shape index (κ2) is 9.08. The van der Waals surface area contributed by atoms with Crippen molar-refractivity contribution >= 4 is 11.6 Å². The number of aliphatic hydroxyl groups excluding tert-OH is 1.